The molecule has 1 aliphatic rings. The van der Waals surface area contributed by atoms with Crippen molar-refractivity contribution in [3.05, 3.63) is 65.2 Å². The molecule has 148 valence electrons. The molecule has 28 heavy (non-hydrogen) atoms. The number of anilines is 1. The predicted molar refractivity (Wildman–Crippen MR) is 113 cm³/mol. The van der Waals surface area contributed by atoms with E-state index < -0.39 is 0 Å². The quantitative estimate of drug-likeness (QED) is 0.749. The highest BCUT2D eigenvalue weighted by atomic mass is 16.1. The van der Waals surface area contributed by atoms with Gasteiger partial charge in [-0.05, 0) is 50.7 Å². The van der Waals surface area contributed by atoms with Crippen LogP contribution in [0.25, 0.3) is 0 Å². The molecule has 1 saturated heterocycles. The maximum Gasteiger partial charge on any atom is 0.255 e. The van der Waals surface area contributed by atoms with E-state index in [1.54, 1.807) is 18.2 Å². The normalized spacial score (nSPS) is 15.4. The number of hydrogen-bond acceptors (Lipinski definition) is 4. The van der Waals surface area contributed by atoms with Gasteiger partial charge in [-0.15, -0.1) is 0 Å². The smallest absolute Gasteiger partial charge is 0.255 e. The fourth-order valence-electron chi connectivity index (χ4n) is 3.52. The van der Waals surface area contributed by atoms with Crippen molar-refractivity contribution in [3.8, 4) is 0 Å². The van der Waals surface area contributed by atoms with E-state index in [0.717, 1.165) is 44.7 Å². The van der Waals surface area contributed by atoms with Crippen LogP contribution in [0, 0.1) is 6.92 Å². The van der Waals surface area contributed by atoms with Crippen LogP contribution in [0.4, 0.5) is 5.69 Å². The van der Waals surface area contributed by atoms with Crippen molar-refractivity contribution in [3.63, 3.8) is 0 Å². The number of nitrogens with zero attached hydrogens (tertiary/aromatic N) is 2. The third kappa shape index (κ3) is 5.27. The zero-order valence-electron chi connectivity index (χ0n) is 16.8. The van der Waals surface area contributed by atoms with Gasteiger partial charge in [-0.3, -0.25) is 9.59 Å². The van der Waals surface area contributed by atoms with Crippen molar-refractivity contribution < 1.29 is 9.59 Å². The Balaban J connectivity index is 1.59. The molecule has 0 saturated carbocycles. The number of likely N-dealkylation sites (N-methyl/N-ethyl adjacent to an activating group) is 1. The van der Waals surface area contributed by atoms with Gasteiger partial charge in [0.05, 0.1) is 5.69 Å². The third-order valence-corrected chi connectivity index (χ3v) is 5.34. The zero-order chi connectivity index (χ0) is 19.9. The molecule has 1 aliphatic heterocycles. The van der Waals surface area contributed by atoms with Gasteiger partial charge in [-0.2, -0.15) is 0 Å². The number of para-hydroxylation sites is 1. The van der Waals surface area contributed by atoms with E-state index in [0.29, 0.717) is 23.2 Å². The lowest BCUT2D eigenvalue weighted by atomic mass is 10.0. The Hall–Kier alpha value is -2.50. The lowest BCUT2D eigenvalue weighted by Crippen LogP contribution is -2.44. The molecule has 1 amide bonds. The van der Waals surface area contributed by atoms with Crippen molar-refractivity contribution in [1.82, 2.24) is 9.80 Å². The minimum atomic E-state index is -0.184. The number of amides is 1. The Labute approximate surface area is 167 Å². The molecule has 1 fully saturated rings. The molecule has 3 rings (SSSR count). The molecule has 1 N–H and O–H groups in total. The van der Waals surface area contributed by atoms with Crippen LogP contribution in [-0.2, 0) is 0 Å². The topological polar surface area (TPSA) is 52.7 Å². The highest BCUT2D eigenvalue weighted by Gasteiger charge is 2.17. The fourth-order valence-corrected chi connectivity index (χ4v) is 3.52. The monoisotopic (exact) mass is 379 g/mol. The number of carbonyl (C=O) groups is 2. The second-order valence-electron chi connectivity index (χ2n) is 7.49. The van der Waals surface area contributed by atoms with Crippen LogP contribution >= 0.6 is 0 Å². The molecule has 0 bridgehead atoms. The number of piperazine rings is 1. The average molecular weight is 380 g/mol. The van der Waals surface area contributed by atoms with Crippen LogP contribution in [0.1, 0.15) is 39.1 Å². The molecule has 0 aromatic heterocycles. The molecule has 5 nitrogen and oxygen atoms in total. The van der Waals surface area contributed by atoms with Crippen LogP contribution in [-0.4, -0.2) is 61.3 Å². The van der Waals surface area contributed by atoms with E-state index in [2.05, 4.69) is 22.2 Å². The molecular formula is C23H29N3O2. The second kappa shape index (κ2) is 9.62. The Bertz CT molecular complexity index is 826. The predicted octanol–water partition coefficient (Wildman–Crippen LogP) is 3.46. The summed E-state index contributed by atoms with van der Waals surface area (Å²) in [6.07, 6.45) is 1.33. The van der Waals surface area contributed by atoms with Gasteiger partial charge in [0.15, 0.2) is 5.78 Å². The highest BCUT2D eigenvalue weighted by molar-refractivity contribution is 6.10. The second-order valence-corrected chi connectivity index (χ2v) is 7.49. The van der Waals surface area contributed by atoms with Crippen LogP contribution in [0.15, 0.2) is 48.5 Å². The first-order chi connectivity index (χ1) is 13.5. The molecule has 0 aliphatic carbocycles. The molecule has 0 atom stereocenters. The van der Waals surface area contributed by atoms with E-state index >= 15 is 0 Å². The van der Waals surface area contributed by atoms with Gasteiger partial charge >= 0.3 is 0 Å². The number of nitrogens with one attached hydrogen (secondary N) is 1. The summed E-state index contributed by atoms with van der Waals surface area (Å²) in [4.78, 5) is 30.1. The van der Waals surface area contributed by atoms with Gasteiger partial charge in [0.2, 0.25) is 0 Å². The van der Waals surface area contributed by atoms with Crippen molar-refractivity contribution >= 4 is 17.4 Å². The maximum absolute atomic E-state index is 12.8. The molecule has 0 spiro atoms. The van der Waals surface area contributed by atoms with Gasteiger partial charge in [0, 0.05) is 43.7 Å². The summed E-state index contributed by atoms with van der Waals surface area (Å²) in [6.45, 7) is 7.15. The van der Waals surface area contributed by atoms with Crippen molar-refractivity contribution in [1.29, 1.82) is 0 Å². The summed E-state index contributed by atoms with van der Waals surface area (Å²) in [5, 5.41) is 2.92. The van der Waals surface area contributed by atoms with E-state index in [-0.39, 0.29) is 11.7 Å². The fraction of sp³-hybridized carbons (Fsp3) is 0.391. The Kier molecular flexibility index (Phi) is 6.95. The third-order valence-electron chi connectivity index (χ3n) is 5.34. The van der Waals surface area contributed by atoms with Crippen molar-refractivity contribution in [2.45, 2.75) is 19.8 Å². The summed E-state index contributed by atoms with van der Waals surface area (Å²) < 4.78 is 0. The van der Waals surface area contributed by atoms with E-state index in [1.165, 1.54) is 0 Å². The number of carbonyl (C=O) groups excluding carboxylic acids is 2. The Morgan fingerprint density at radius 3 is 2.29 bits per heavy atom. The average Bonchev–Trinajstić information content (AvgIpc) is 2.70. The van der Waals surface area contributed by atoms with E-state index in [4.69, 9.17) is 0 Å². The van der Waals surface area contributed by atoms with Crippen LogP contribution < -0.4 is 5.32 Å². The molecule has 2 aromatic carbocycles. The number of hydrogen-bond donors (Lipinski definition) is 1. The maximum atomic E-state index is 12.8. The molecule has 2 aromatic rings. The molecule has 5 heteroatoms. The minimum absolute atomic E-state index is 0.0785. The van der Waals surface area contributed by atoms with Crippen LogP contribution in [0.3, 0.4) is 0 Å². The van der Waals surface area contributed by atoms with Crippen LogP contribution in [0.2, 0.25) is 0 Å². The van der Waals surface area contributed by atoms with E-state index in [1.807, 2.05) is 37.3 Å². The van der Waals surface area contributed by atoms with Gasteiger partial charge in [-0.25, -0.2) is 0 Å². The Morgan fingerprint density at radius 2 is 1.57 bits per heavy atom. The number of ketones is 1. The standard InChI is InChI=1S/C23H29N3O2/c1-18-8-3-4-9-19(18)23(28)24-21-11-6-5-10-20(21)22(27)12-7-13-26-16-14-25(2)15-17-26/h3-6,8-11H,7,12-17H2,1-2H3,(H,24,28). The largest absolute Gasteiger partial charge is 0.321 e. The van der Waals surface area contributed by atoms with Crippen molar-refractivity contribution in [2.24, 2.45) is 0 Å². The number of Topliss-reactive ketones (excluding diaryl/α,β-unsaturated/α-hetero) is 1. The Morgan fingerprint density at radius 1 is 0.929 bits per heavy atom. The van der Waals surface area contributed by atoms with Gasteiger partial charge in [0.25, 0.3) is 5.91 Å². The van der Waals surface area contributed by atoms with E-state index in [9.17, 15) is 9.59 Å². The summed E-state index contributed by atoms with van der Waals surface area (Å²) in [7, 11) is 2.14. The first-order valence-electron chi connectivity index (χ1n) is 9.94. The van der Waals surface area contributed by atoms with Gasteiger partial charge in [-0.1, -0.05) is 30.3 Å². The number of rotatable bonds is 7. The SMILES string of the molecule is Cc1ccccc1C(=O)Nc1ccccc1C(=O)CCCN1CCN(C)CC1. The lowest BCUT2D eigenvalue weighted by Gasteiger charge is -2.32. The molecule has 0 radical (unpaired) electrons. The molecular weight excluding hydrogens is 350 g/mol. The van der Waals surface area contributed by atoms with Gasteiger partial charge < -0.3 is 15.1 Å². The minimum Gasteiger partial charge on any atom is -0.321 e. The first kappa shape index (κ1) is 20.2. The first-order valence-corrected chi connectivity index (χ1v) is 9.94. The number of benzene rings is 2. The summed E-state index contributed by atoms with van der Waals surface area (Å²) in [5.41, 5.74) is 2.71. The summed E-state index contributed by atoms with van der Waals surface area (Å²) in [5.74, 6) is -0.106. The number of aryl methyl sites for hydroxylation is 1. The summed E-state index contributed by atoms with van der Waals surface area (Å²) in [6, 6.07) is 14.7. The summed E-state index contributed by atoms with van der Waals surface area (Å²) >= 11 is 0. The van der Waals surface area contributed by atoms with Crippen LogP contribution in [0.5, 0.6) is 0 Å². The van der Waals surface area contributed by atoms with Crippen molar-refractivity contribution in [2.75, 3.05) is 45.1 Å². The molecule has 0 unspecified atom stereocenters. The molecule has 1 heterocycles. The highest BCUT2D eigenvalue weighted by Crippen LogP contribution is 2.20. The van der Waals surface area contributed by atoms with Gasteiger partial charge in [0.1, 0.15) is 0 Å². The zero-order valence-corrected chi connectivity index (χ0v) is 16.8. The lowest BCUT2D eigenvalue weighted by molar-refractivity contribution is 0.0968.